The van der Waals surface area contributed by atoms with Crippen molar-refractivity contribution in [3.63, 3.8) is 0 Å². The van der Waals surface area contributed by atoms with E-state index in [9.17, 15) is 4.79 Å². The number of methoxy groups -OCH3 is 1. The number of carbonyl (C=O) groups excluding carboxylic acids is 1. The molecule has 0 aromatic carbocycles. The minimum absolute atomic E-state index is 0.0580. The van der Waals surface area contributed by atoms with Crippen molar-refractivity contribution in [1.82, 2.24) is 4.90 Å². The van der Waals surface area contributed by atoms with Gasteiger partial charge >= 0.3 is 0 Å². The lowest BCUT2D eigenvalue weighted by molar-refractivity contribution is -0.130. The topological polar surface area (TPSA) is 55.6 Å². The highest BCUT2D eigenvalue weighted by Gasteiger charge is 2.09. The Bertz CT molecular complexity index is 149. The zero-order valence-corrected chi connectivity index (χ0v) is 8.75. The molecule has 0 saturated carbocycles. The van der Waals surface area contributed by atoms with Gasteiger partial charge in [0.2, 0.25) is 5.91 Å². The van der Waals surface area contributed by atoms with Gasteiger partial charge in [0.1, 0.15) is 0 Å². The predicted octanol–water partition coefficient (Wildman–Crippen LogP) is 0.219. The monoisotopic (exact) mass is 188 g/mol. The molecule has 0 aliphatic heterocycles. The molecule has 2 N–H and O–H groups in total. The summed E-state index contributed by atoms with van der Waals surface area (Å²) in [6, 6.07) is -0.0580. The molecule has 4 nitrogen and oxygen atoms in total. The Kier molecular flexibility index (Phi) is 6.54. The number of nitrogens with two attached hydrogens (primary N) is 1. The van der Waals surface area contributed by atoms with Crippen molar-refractivity contribution in [2.24, 2.45) is 5.73 Å². The lowest BCUT2D eigenvalue weighted by Gasteiger charge is -2.17. The van der Waals surface area contributed by atoms with E-state index in [0.717, 1.165) is 13.0 Å². The van der Waals surface area contributed by atoms with E-state index in [-0.39, 0.29) is 11.9 Å². The maximum atomic E-state index is 11.4. The van der Waals surface area contributed by atoms with Crippen molar-refractivity contribution >= 4 is 5.91 Å². The number of carbonyl (C=O) groups is 1. The Balaban J connectivity index is 3.57. The number of nitrogens with zero attached hydrogens (tertiary/aromatic N) is 1. The molecular formula is C9H20N2O2. The van der Waals surface area contributed by atoms with Gasteiger partial charge < -0.3 is 15.4 Å². The fourth-order valence-electron chi connectivity index (χ4n) is 1.00. The summed E-state index contributed by atoms with van der Waals surface area (Å²) in [6.45, 7) is 3.26. The molecule has 0 fully saturated rings. The lowest BCUT2D eigenvalue weighted by Crippen LogP contribution is -2.32. The van der Waals surface area contributed by atoms with Crippen molar-refractivity contribution in [3.05, 3.63) is 0 Å². The van der Waals surface area contributed by atoms with Gasteiger partial charge in [-0.1, -0.05) is 0 Å². The van der Waals surface area contributed by atoms with Crippen LogP contribution in [0.4, 0.5) is 0 Å². The van der Waals surface area contributed by atoms with Crippen molar-refractivity contribution in [2.45, 2.75) is 25.8 Å². The van der Waals surface area contributed by atoms with Crippen molar-refractivity contribution < 1.29 is 9.53 Å². The summed E-state index contributed by atoms with van der Waals surface area (Å²) in [6.07, 6.45) is 1.29. The SMILES string of the molecule is COCCCN(C)C(=O)CC(C)N. The zero-order valence-electron chi connectivity index (χ0n) is 8.75. The quantitative estimate of drug-likeness (QED) is 0.607. The summed E-state index contributed by atoms with van der Waals surface area (Å²) in [5.41, 5.74) is 5.51. The fourth-order valence-corrected chi connectivity index (χ4v) is 1.00. The van der Waals surface area contributed by atoms with Crippen molar-refractivity contribution in [2.75, 3.05) is 27.3 Å². The van der Waals surface area contributed by atoms with Crippen LogP contribution in [0.1, 0.15) is 19.8 Å². The first-order chi connectivity index (χ1) is 6.07. The molecule has 0 aromatic heterocycles. The summed E-state index contributed by atoms with van der Waals surface area (Å²) >= 11 is 0. The van der Waals surface area contributed by atoms with Gasteiger partial charge in [-0.15, -0.1) is 0 Å². The standard InChI is InChI=1S/C9H20N2O2/c1-8(10)7-9(12)11(2)5-4-6-13-3/h8H,4-7,10H2,1-3H3. The Morgan fingerprint density at radius 1 is 1.62 bits per heavy atom. The van der Waals surface area contributed by atoms with E-state index >= 15 is 0 Å². The Hall–Kier alpha value is -0.610. The summed E-state index contributed by atoms with van der Waals surface area (Å²) < 4.78 is 4.89. The van der Waals surface area contributed by atoms with Crippen LogP contribution in [0.25, 0.3) is 0 Å². The highest BCUT2D eigenvalue weighted by atomic mass is 16.5. The molecule has 78 valence electrons. The van der Waals surface area contributed by atoms with Crippen LogP contribution in [0.2, 0.25) is 0 Å². The van der Waals surface area contributed by atoms with Crippen LogP contribution in [0.5, 0.6) is 0 Å². The van der Waals surface area contributed by atoms with Crippen LogP contribution in [-0.2, 0) is 9.53 Å². The van der Waals surface area contributed by atoms with Crippen LogP contribution in [0.15, 0.2) is 0 Å². The number of hydrogen-bond donors (Lipinski definition) is 1. The van der Waals surface area contributed by atoms with Gasteiger partial charge in [0.25, 0.3) is 0 Å². The molecule has 1 amide bonds. The second kappa shape index (κ2) is 6.86. The van der Waals surface area contributed by atoms with E-state index in [1.165, 1.54) is 0 Å². The summed E-state index contributed by atoms with van der Waals surface area (Å²) in [7, 11) is 3.45. The summed E-state index contributed by atoms with van der Waals surface area (Å²) in [5, 5.41) is 0. The maximum Gasteiger partial charge on any atom is 0.223 e. The van der Waals surface area contributed by atoms with Crippen LogP contribution < -0.4 is 5.73 Å². The van der Waals surface area contributed by atoms with Crippen LogP contribution in [0, 0.1) is 0 Å². The fraction of sp³-hybridized carbons (Fsp3) is 0.889. The Morgan fingerprint density at radius 2 is 2.23 bits per heavy atom. The van der Waals surface area contributed by atoms with Gasteiger partial charge in [-0.2, -0.15) is 0 Å². The Morgan fingerprint density at radius 3 is 2.69 bits per heavy atom. The molecule has 0 radical (unpaired) electrons. The molecule has 0 rings (SSSR count). The minimum Gasteiger partial charge on any atom is -0.385 e. The van der Waals surface area contributed by atoms with Gasteiger partial charge in [-0.05, 0) is 13.3 Å². The van der Waals surface area contributed by atoms with E-state index in [0.29, 0.717) is 13.0 Å². The van der Waals surface area contributed by atoms with E-state index in [1.807, 2.05) is 6.92 Å². The molecule has 0 saturated heterocycles. The third-order valence-electron chi connectivity index (χ3n) is 1.76. The average Bonchev–Trinajstić information content (AvgIpc) is 2.03. The number of amides is 1. The first-order valence-corrected chi connectivity index (χ1v) is 4.56. The molecule has 0 heterocycles. The third-order valence-corrected chi connectivity index (χ3v) is 1.76. The summed E-state index contributed by atoms with van der Waals surface area (Å²) in [4.78, 5) is 13.0. The molecule has 1 atom stereocenters. The first-order valence-electron chi connectivity index (χ1n) is 4.56. The van der Waals surface area contributed by atoms with Crippen molar-refractivity contribution in [1.29, 1.82) is 0 Å². The summed E-state index contributed by atoms with van der Waals surface area (Å²) in [5.74, 6) is 0.103. The van der Waals surface area contributed by atoms with Gasteiger partial charge in [-0.3, -0.25) is 4.79 Å². The molecular weight excluding hydrogens is 168 g/mol. The van der Waals surface area contributed by atoms with Crippen LogP contribution >= 0.6 is 0 Å². The van der Waals surface area contributed by atoms with Gasteiger partial charge in [0.15, 0.2) is 0 Å². The molecule has 0 aliphatic rings. The molecule has 13 heavy (non-hydrogen) atoms. The van der Waals surface area contributed by atoms with Crippen LogP contribution in [-0.4, -0.2) is 44.2 Å². The van der Waals surface area contributed by atoms with E-state index in [1.54, 1.807) is 19.1 Å². The molecule has 0 bridgehead atoms. The normalized spacial score (nSPS) is 12.6. The predicted molar refractivity (Wildman–Crippen MR) is 52.4 cm³/mol. The first kappa shape index (κ1) is 12.4. The zero-order chi connectivity index (χ0) is 10.3. The van der Waals surface area contributed by atoms with Crippen LogP contribution in [0.3, 0.4) is 0 Å². The largest absolute Gasteiger partial charge is 0.385 e. The highest BCUT2D eigenvalue weighted by Crippen LogP contribution is 1.95. The molecule has 4 heteroatoms. The molecule has 1 unspecified atom stereocenters. The second-order valence-corrected chi connectivity index (χ2v) is 3.34. The number of rotatable bonds is 6. The van der Waals surface area contributed by atoms with Crippen molar-refractivity contribution in [3.8, 4) is 0 Å². The second-order valence-electron chi connectivity index (χ2n) is 3.34. The van der Waals surface area contributed by atoms with Gasteiger partial charge in [-0.25, -0.2) is 0 Å². The van der Waals surface area contributed by atoms with Gasteiger partial charge in [0.05, 0.1) is 0 Å². The minimum atomic E-state index is -0.0580. The van der Waals surface area contributed by atoms with E-state index in [2.05, 4.69) is 0 Å². The van der Waals surface area contributed by atoms with Gasteiger partial charge in [0, 0.05) is 39.8 Å². The highest BCUT2D eigenvalue weighted by molar-refractivity contribution is 5.76. The smallest absolute Gasteiger partial charge is 0.223 e. The molecule has 0 spiro atoms. The average molecular weight is 188 g/mol. The van der Waals surface area contributed by atoms with E-state index < -0.39 is 0 Å². The Labute approximate surface area is 80.0 Å². The number of hydrogen-bond acceptors (Lipinski definition) is 3. The van der Waals surface area contributed by atoms with E-state index in [4.69, 9.17) is 10.5 Å². The third kappa shape index (κ3) is 6.54. The molecule has 0 aliphatic carbocycles. The number of ether oxygens (including phenoxy) is 1. The molecule has 0 aromatic rings. The maximum absolute atomic E-state index is 11.4. The lowest BCUT2D eigenvalue weighted by atomic mass is 10.2.